The topological polar surface area (TPSA) is 26.3 Å². The molecule has 0 aliphatic carbocycles. The van der Waals surface area contributed by atoms with Crippen molar-refractivity contribution in [3.63, 3.8) is 0 Å². The lowest BCUT2D eigenvalue weighted by molar-refractivity contribution is 0.0982. The summed E-state index contributed by atoms with van der Waals surface area (Å²) < 4.78 is 5.73. The first-order chi connectivity index (χ1) is 9.10. The Hall–Kier alpha value is -1.02. The third kappa shape index (κ3) is 4.87. The first-order valence-electron chi connectivity index (χ1n) is 6.96. The molecule has 0 saturated carbocycles. The summed E-state index contributed by atoms with van der Waals surface area (Å²) >= 11 is 5.62. The normalized spacial score (nSPS) is 10.8. The molecular weight excluding hydrogens is 260 g/mol. The molecule has 0 aromatic heterocycles. The minimum atomic E-state index is 0.157. The Balaban J connectivity index is 2.92. The van der Waals surface area contributed by atoms with E-state index in [0.717, 1.165) is 29.7 Å². The molecule has 0 spiro atoms. The summed E-state index contributed by atoms with van der Waals surface area (Å²) in [6, 6.07) is 5.73. The van der Waals surface area contributed by atoms with Crippen molar-refractivity contribution in [2.75, 3.05) is 12.5 Å². The molecule has 0 heterocycles. The van der Waals surface area contributed by atoms with Crippen LogP contribution < -0.4 is 4.74 Å². The summed E-state index contributed by atoms with van der Waals surface area (Å²) in [5, 5.41) is 0. The van der Waals surface area contributed by atoms with E-state index in [9.17, 15) is 4.79 Å². The second kappa shape index (κ2) is 8.21. The van der Waals surface area contributed by atoms with E-state index in [0.29, 0.717) is 24.8 Å². The molecule has 0 aliphatic heterocycles. The number of carbonyl (C=O) groups excluding carboxylic acids is 1. The Morgan fingerprint density at radius 2 is 2.11 bits per heavy atom. The SMILES string of the molecule is CCCOc1ccc(C(=O)CCCCl)cc1C(C)C. The predicted molar refractivity (Wildman–Crippen MR) is 80.6 cm³/mol. The molecule has 1 aromatic carbocycles. The van der Waals surface area contributed by atoms with E-state index < -0.39 is 0 Å². The third-order valence-electron chi connectivity index (χ3n) is 2.95. The van der Waals surface area contributed by atoms with Crippen LogP contribution in [0.1, 0.15) is 61.9 Å². The van der Waals surface area contributed by atoms with Gasteiger partial charge in [-0.25, -0.2) is 0 Å². The zero-order valence-corrected chi connectivity index (χ0v) is 12.8. The van der Waals surface area contributed by atoms with Crippen molar-refractivity contribution < 1.29 is 9.53 Å². The first kappa shape index (κ1) is 16.0. The van der Waals surface area contributed by atoms with Crippen LogP contribution in [0.2, 0.25) is 0 Å². The molecular formula is C16H23ClO2. The zero-order valence-electron chi connectivity index (χ0n) is 12.0. The predicted octanol–water partition coefficient (Wildman–Crippen LogP) is 4.80. The molecule has 3 heteroatoms. The molecule has 0 unspecified atom stereocenters. The van der Waals surface area contributed by atoms with Gasteiger partial charge < -0.3 is 4.74 Å². The minimum Gasteiger partial charge on any atom is -0.493 e. The minimum absolute atomic E-state index is 0.157. The van der Waals surface area contributed by atoms with Gasteiger partial charge >= 0.3 is 0 Å². The Bertz CT molecular complexity index is 413. The van der Waals surface area contributed by atoms with Crippen molar-refractivity contribution in [2.24, 2.45) is 0 Å². The van der Waals surface area contributed by atoms with Gasteiger partial charge in [0.1, 0.15) is 5.75 Å². The number of hydrogen-bond donors (Lipinski definition) is 0. The highest BCUT2D eigenvalue weighted by molar-refractivity contribution is 6.18. The second-order valence-electron chi connectivity index (χ2n) is 4.97. The highest BCUT2D eigenvalue weighted by Crippen LogP contribution is 2.28. The molecule has 106 valence electrons. The van der Waals surface area contributed by atoms with Crippen molar-refractivity contribution in [1.29, 1.82) is 0 Å². The maximum Gasteiger partial charge on any atom is 0.162 e. The van der Waals surface area contributed by atoms with Gasteiger partial charge in [-0.2, -0.15) is 0 Å². The van der Waals surface area contributed by atoms with Crippen molar-refractivity contribution in [3.8, 4) is 5.75 Å². The molecule has 0 radical (unpaired) electrons. The number of alkyl halides is 1. The number of halogens is 1. The lowest BCUT2D eigenvalue weighted by Gasteiger charge is -2.15. The van der Waals surface area contributed by atoms with Crippen LogP contribution in [0.4, 0.5) is 0 Å². The van der Waals surface area contributed by atoms with Gasteiger partial charge in [-0.3, -0.25) is 4.79 Å². The van der Waals surface area contributed by atoms with Gasteiger partial charge in [0.05, 0.1) is 6.61 Å². The van der Waals surface area contributed by atoms with Gasteiger partial charge in [0.25, 0.3) is 0 Å². The van der Waals surface area contributed by atoms with Crippen LogP contribution in [0.25, 0.3) is 0 Å². The average Bonchev–Trinajstić information content (AvgIpc) is 2.42. The zero-order chi connectivity index (χ0) is 14.3. The summed E-state index contributed by atoms with van der Waals surface area (Å²) in [6.45, 7) is 7.01. The molecule has 0 atom stereocenters. The number of hydrogen-bond acceptors (Lipinski definition) is 2. The van der Waals surface area contributed by atoms with Crippen LogP contribution in [0.5, 0.6) is 5.75 Å². The largest absolute Gasteiger partial charge is 0.493 e. The van der Waals surface area contributed by atoms with Crippen molar-refractivity contribution in [2.45, 2.75) is 46.0 Å². The van der Waals surface area contributed by atoms with Gasteiger partial charge in [-0.15, -0.1) is 11.6 Å². The van der Waals surface area contributed by atoms with Gasteiger partial charge in [-0.05, 0) is 42.5 Å². The van der Waals surface area contributed by atoms with Crippen LogP contribution in [0.15, 0.2) is 18.2 Å². The number of Topliss-reactive ketones (excluding diaryl/α,β-unsaturated/α-hetero) is 1. The van der Waals surface area contributed by atoms with Gasteiger partial charge in [0.2, 0.25) is 0 Å². The smallest absolute Gasteiger partial charge is 0.162 e. The van der Waals surface area contributed by atoms with Gasteiger partial charge in [-0.1, -0.05) is 20.8 Å². The molecule has 0 bridgehead atoms. The third-order valence-corrected chi connectivity index (χ3v) is 3.22. The molecule has 0 aliphatic rings. The molecule has 0 N–H and O–H groups in total. The van der Waals surface area contributed by atoms with Gasteiger partial charge in [0.15, 0.2) is 5.78 Å². The number of ether oxygens (including phenoxy) is 1. The fourth-order valence-corrected chi connectivity index (χ4v) is 2.02. The average molecular weight is 283 g/mol. The molecule has 1 aromatic rings. The Labute approximate surface area is 121 Å². The summed E-state index contributed by atoms with van der Waals surface area (Å²) in [5.41, 5.74) is 1.86. The van der Waals surface area contributed by atoms with Crippen molar-refractivity contribution in [1.82, 2.24) is 0 Å². The first-order valence-corrected chi connectivity index (χ1v) is 7.49. The molecule has 0 fully saturated rings. The van der Waals surface area contributed by atoms with Crippen LogP contribution in [0, 0.1) is 0 Å². The fraction of sp³-hybridized carbons (Fsp3) is 0.562. The van der Waals surface area contributed by atoms with E-state index in [-0.39, 0.29) is 5.78 Å². The molecule has 2 nitrogen and oxygen atoms in total. The number of carbonyl (C=O) groups is 1. The van der Waals surface area contributed by atoms with E-state index in [1.807, 2.05) is 18.2 Å². The van der Waals surface area contributed by atoms with Crippen LogP contribution in [0.3, 0.4) is 0 Å². The fourth-order valence-electron chi connectivity index (χ4n) is 1.89. The number of benzene rings is 1. The summed E-state index contributed by atoms with van der Waals surface area (Å²) in [7, 11) is 0. The summed E-state index contributed by atoms with van der Waals surface area (Å²) in [5.74, 6) is 1.92. The lowest BCUT2D eigenvalue weighted by atomic mass is 9.97. The van der Waals surface area contributed by atoms with Crippen molar-refractivity contribution >= 4 is 17.4 Å². The van der Waals surface area contributed by atoms with Crippen LogP contribution in [-0.2, 0) is 0 Å². The number of ketones is 1. The molecule has 19 heavy (non-hydrogen) atoms. The van der Waals surface area contributed by atoms with E-state index in [2.05, 4.69) is 20.8 Å². The van der Waals surface area contributed by atoms with Crippen LogP contribution >= 0.6 is 11.6 Å². The molecule has 1 rings (SSSR count). The maximum atomic E-state index is 12.0. The Kier molecular flexibility index (Phi) is 6.93. The van der Waals surface area contributed by atoms with E-state index in [1.165, 1.54) is 0 Å². The Morgan fingerprint density at radius 1 is 1.37 bits per heavy atom. The lowest BCUT2D eigenvalue weighted by Crippen LogP contribution is -2.04. The highest BCUT2D eigenvalue weighted by atomic mass is 35.5. The second-order valence-corrected chi connectivity index (χ2v) is 5.35. The summed E-state index contributed by atoms with van der Waals surface area (Å²) in [4.78, 5) is 12.0. The molecule has 0 saturated heterocycles. The maximum absolute atomic E-state index is 12.0. The highest BCUT2D eigenvalue weighted by Gasteiger charge is 2.12. The van der Waals surface area contributed by atoms with Crippen molar-refractivity contribution in [3.05, 3.63) is 29.3 Å². The van der Waals surface area contributed by atoms with E-state index >= 15 is 0 Å². The van der Waals surface area contributed by atoms with Gasteiger partial charge in [0, 0.05) is 17.9 Å². The van der Waals surface area contributed by atoms with Crippen LogP contribution in [-0.4, -0.2) is 18.3 Å². The monoisotopic (exact) mass is 282 g/mol. The summed E-state index contributed by atoms with van der Waals surface area (Å²) in [6.07, 6.45) is 2.22. The van der Waals surface area contributed by atoms with E-state index in [4.69, 9.17) is 16.3 Å². The molecule has 0 amide bonds. The quantitative estimate of drug-likeness (QED) is 0.506. The Morgan fingerprint density at radius 3 is 2.68 bits per heavy atom. The van der Waals surface area contributed by atoms with E-state index in [1.54, 1.807) is 0 Å². The standard InChI is InChI=1S/C16H23ClO2/c1-4-10-19-16-8-7-13(11-14(16)12(2)3)15(18)6-5-9-17/h7-8,11-12H,4-6,9-10H2,1-3H3. The number of rotatable bonds is 8.